The molecule has 0 saturated heterocycles. The van der Waals surface area contributed by atoms with Crippen LogP contribution in [0.15, 0.2) is 28.4 Å². The maximum Gasteiger partial charge on any atom is 0.330 e. The Kier molecular flexibility index (Phi) is 5.94. The van der Waals surface area contributed by atoms with Gasteiger partial charge in [-0.2, -0.15) is 11.8 Å². The Hall–Kier alpha value is -1.27. The quantitative estimate of drug-likeness (QED) is 0.563. The van der Waals surface area contributed by atoms with E-state index in [4.69, 9.17) is 0 Å². The number of hydrogen-bond donors (Lipinski definition) is 1. The molecule has 0 atom stereocenters. The highest BCUT2D eigenvalue weighted by atomic mass is 32.2. The Labute approximate surface area is 111 Å². The molecule has 0 radical (unpaired) electrons. The summed E-state index contributed by atoms with van der Waals surface area (Å²) in [5, 5.41) is 3.19. The highest BCUT2D eigenvalue weighted by molar-refractivity contribution is 7.99. The molecule has 6 heteroatoms. The molecule has 0 aliphatic heterocycles. The smallest absolute Gasteiger partial charge is 0.312 e. The van der Waals surface area contributed by atoms with Crippen molar-refractivity contribution in [1.29, 1.82) is 0 Å². The lowest BCUT2D eigenvalue weighted by Gasteiger charge is -2.07. The van der Waals surface area contributed by atoms with E-state index in [1.54, 1.807) is 25.0 Å². The first-order valence-electron chi connectivity index (χ1n) is 5.72. The molecule has 0 bridgehead atoms. The summed E-state index contributed by atoms with van der Waals surface area (Å²) < 4.78 is 2.55. The van der Waals surface area contributed by atoms with Crippen LogP contribution in [0.3, 0.4) is 0 Å². The first-order chi connectivity index (χ1) is 8.57. The van der Waals surface area contributed by atoms with Crippen molar-refractivity contribution < 1.29 is 0 Å². The van der Waals surface area contributed by atoms with Crippen LogP contribution in [0.25, 0.3) is 0 Å². The minimum Gasteiger partial charge on any atom is -0.312 e. The van der Waals surface area contributed by atoms with E-state index >= 15 is 0 Å². The third-order valence-corrected chi connectivity index (χ3v) is 3.46. The van der Waals surface area contributed by atoms with Gasteiger partial charge in [-0.05, 0) is 0 Å². The van der Waals surface area contributed by atoms with Gasteiger partial charge in [-0.1, -0.05) is 6.08 Å². The Morgan fingerprint density at radius 1 is 1.44 bits per heavy atom. The second-order valence-electron chi connectivity index (χ2n) is 3.95. The summed E-state index contributed by atoms with van der Waals surface area (Å²) in [4.78, 5) is 23.3. The molecule has 1 N–H and O–H groups in total. The summed E-state index contributed by atoms with van der Waals surface area (Å²) in [6, 6.07) is 0. The summed E-state index contributed by atoms with van der Waals surface area (Å²) in [6.07, 6.45) is 3.46. The van der Waals surface area contributed by atoms with E-state index in [1.807, 2.05) is 6.08 Å². The van der Waals surface area contributed by atoms with E-state index in [-0.39, 0.29) is 11.2 Å². The van der Waals surface area contributed by atoms with Gasteiger partial charge >= 0.3 is 5.69 Å². The molecule has 0 spiro atoms. The molecule has 0 aliphatic rings. The van der Waals surface area contributed by atoms with Gasteiger partial charge in [0.2, 0.25) is 0 Å². The summed E-state index contributed by atoms with van der Waals surface area (Å²) in [5.74, 6) is 1.90. The predicted molar refractivity (Wildman–Crippen MR) is 76.2 cm³/mol. The molecule has 0 aliphatic carbocycles. The van der Waals surface area contributed by atoms with Gasteiger partial charge in [0.05, 0.1) is 0 Å². The summed E-state index contributed by atoms with van der Waals surface area (Å²) in [7, 11) is 3.14. The van der Waals surface area contributed by atoms with Gasteiger partial charge in [0.15, 0.2) is 0 Å². The van der Waals surface area contributed by atoms with Gasteiger partial charge in [0, 0.05) is 50.5 Å². The normalized spacial score (nSPS) is 10.6. The summed E-state index contributed by atoms with van der Waals surface area (Å²) >= 11 is 1.78. The third kappa shape index (κ3) is 3.89. The van der Waals surface area contributed by atoms with E-state index in [1.165, 1.54) is 11.6 Å². The molecule has 0 unspecified atom stereocenters. The molecule has 18 heavy (non-hydrogen) atoms. The standard InChI is InChI=1S/C12H19N3O2S/c1-4-6-18-7-5-13-8-10-9-14(2)12(17)15(3)11(10)16/h4,9,13H,1,5-8H2,2-3H3. The number of hydrogen-bond acceptors (Lipinski definition) is 4. The predicted octanol–water partition coefficient (Wildman–Crippen LogP) is 0.0928. The fourth-order valence-electron chi connectivity index (χ4n) is 1.54. The third-order valence-electron chi connectivity index (χ3n) is 2.49. The Bertz CT molecular complexity index is 519. The van der Waals surface area contributed by atoms with Crippen molar-refractivity contribution >= 4 is 11.8 Å². The molecule has 100 valence electrons. The number of thioether (sulfide) groups is 1. The largest absolute Gasteiger partial charge is 0.330 e. The van der Waals surface area contributed by atoms with Gasteiger partial charge < -0.3 is 9.88 Å². The van der Waals surface area contributed by atoms with Crippen molar-refractivity contribution in [2.75, 3.05) is 18.1 Å². The molecule has 0 saturated carbocycles. The number of aryl methyl sites for hydroxylation is 1. The molecule has 0 amide bonds. The number of rotatable bonds is 7. The fraction of sp³-hybridized carbons (Fsp3) is 0.500. The highest BCUT2D eigenvalue weighted by Gasteiger charge is 2.05. The van der Waals surface area contributed by atoms with Crippen LogP contribution in [-0.4, -0.2) is 27.2 Å². The van der Waals surface area contributed by atoms with Crippen LogP contribution in [0.5, 0.6) is 0 Å². The highest BCUT2D eigenvalue weighted by Crippen LogP contribution is 1.97. The maximum absolute atomic E-state index is 11.8. The number of aromatic nitrogens is 2. The van der Waals surface area contributed by atoms with Crippen LogP contribution >= 0.6 is 11.8 Å². The Morgan fingerprint density at radius 3 is 2.83 bits per heavy atom. The van der Waals surface area contributed by atoms with Gasteiger partial charge in [-0.15, -0.1) is 6.58 Å². The summed E-state index contributed by atoms with van der Waals surface area (Å²) in [6.45, 7) is 4.95. The van der Waals surface area contributed by atoms with E-state index in [0.717, 1.165) is 22.6 Å². The van der Waals surface area contributed by atoms with E-state index in [0.29, 0.717) is 12.1 Å². The fourth-order valence-corrected chi connectivity index (χ4v) is 2.16. The average molecular weight is 269 g/mol. The lowest BCUT2D eigenvalue weighted by Crippen LogP contribution is -2.39. The van der Waals surface area contributed by atoms with Crippen molar-refractivity contribution in [3.05, 3.63) is 45.3 Å². The van der Waals surface area contributed by atoms with Gasteiger partial charge in [-0.3, -0.25) is 9.36 Å². The molecule has 1 heterocycles. The Morgan fingerprint density at radius 2 is 2.17 bits per heavy atom. The average Bonchev–Trinajstić information content (AvgIpc) is 2.37. The summed E-state index contributed by atoms with van der Waals surface area (Å²) in [5.41, 5.74) is 0.0722. The van der Waals surface area contributed by atoms with Crippen LogP contribution in [0.4, 0.5) is 0 Å². The molecular weight excluding hydrogens is 250 g/mol. The minimum absolute atomic E-state index is 0.232. The van der Waals surface area contributed by atoms with Crippen molar-refractivity contribution in [2.45, 2.75) is 6.54 Å². The van der Waals surface area contributed by atoms with Crippen LogP contribution in [0.1, 0.15) is 5.56 Å². The van der Waals surface area contributed by atoms with Crippen molar-refractivity contribution in [1.82, 2.24) is 14.5 Å². The first-order valence-corrected chi connectivity index (χ1v) is 6.88. The lowest BCUT2D eigenvalue weighted by atomic mass is 10.3. The van der Waals surface area contributed by atoms with Gasteiger partial charge in [-0.25, -0.2) is 4.79 Å². The zero-order valence-electron chi connectivity index (χ0n) is 10.8. The van der Waals surface area contributed by atoms with Crippen LogP contribution < -0.4 is 16.6 Å². The van der Waals surface area contributed by atoms with E-state index in [2.05, 4.69) is 11.9 Å². The lowest BCUT2D eigenvalue weighted by molar-refractivity contribution is 0.642. The van der Waals surface area contributed by atoms with E-state index < -0.39 is 0 Å². The SMILES string of the molecule is C=CCSCCNCc1cn(C)c(=O)n(C)c1=O. The van der Waals surface area contributed by atoms with E-state index in [9.17, 15) is 9.59 Å². The number of nitrogens with zero attached hydrogens (tertiary/aromatic N) is 2. The van der Waals surface area contributed by atoms with Crippen LogP contribution in [-0.2, 0) is 20.6 Å². The van der Waals surface area contributed by atoms with Gasteiger partial charge in [0.25, 0.3) is 5.56 Å². The van der Waals surface area contributed by atoms with Gasteiger partial charge in [0.1, 0.15) is 0 Å². The molecule has 0 fully saturated rings. The molecule has 0 aromatic carbocycles. The Balaban J connectivity index is 2.56. The maximum atomic E-state index is 11.8. The molecule has 1 rings (SSSR count). The molecule has 5 nitrogen and oxygen atoms in total. The monoisotopic (exact) mass is 269 g/mol. The van der Waals surface area contributed by atoms with Crippen molar-refractivity contribution in [2.24, 2.45) is 14.1 Å². The first kappa shape index (κ1) is 14.8. The number of nitrogens with one attached hydrogen (secondary N) is 1. The van der Waals surface area contributed by atoms with Crippen molar-refractivity contribution in [3.63, 3.8) is 0 Å². The van der Waals surface area contributed by atoms with Crippen LogP contribution in [0, 0.1) is 0 Å². The zero-order chi connectivity index (χ0) is 13.5. The second kappa shape index (κ2) is 7.23. The van der Waals surface area contributed by atoms with Crippen molar-refractivity contribution in [3.8, 4) is 0 Å². The van der Waals surface area contributed by atoms with Crippen LogP contribution in [0.2, 0.25) is 0 Å². The minimum atomic E-state index is -0.301. The molecule has 1 aromatic heterocycles. The second-order valence-corrected chi connectivity index (χ2v) is 5.10. The molecular formula is C12H19N3O2S. The molecule has 1 aromatic rings. The topological polar surface area (TPSA) is 56.0 Å². The zero-order valence-corrected chi connectivity index (χ0v) is 11.6.